The fraction of sp³-hybridized carbons (Fsp3) is 0.375. The number of nitrogens with zero attached hydrogens (tertiary/aromatic N) is 3. The van der Waals surface area contributed by atoms with E-state index >= 15 is 0 Å². The Bertz CT molecular complexity index is 1290. The van der Waals surface area contributed by atoms with E-state index in [0.717, 1.165) is 18.2 Å². The average Bonchev–Trinajstić information content (AvgIpc) is 3.14. The van der Waals surface area contributed by atoms with Crippen LogP contribution in [0.15, 0.2) is 47.6 Å². The molecule has 188 valence electrons. The lowest BCUT2D eigenvalue weighted by atomic mass is 9.64. The molecule has 2 fully saturated rings. The first-order valence-electron chi connectivity index (χ1n) is 11.1. The lowest BCUT2D eigenvalue weighted by molar-refractivity contribution is -0.394. The minimum Gasteiger partial charge on any atom is -0.326 e. The number of amides is 1. The summed E-state index contributed by atoms with van der Waals surface area (Å²) in [5.41, 5.74) is -2.78. The number of oxime groups is 1. The molecule has 4 rings (SSSR count). The van der Waals surface area contributed by atoms with Crippen molar-refractivity contribution in [2.75, 3.05) is 5.32 Å². The Morgan fingerprint density at radius 1 is 1.00 bits per heavy atom. The van der Waals surface area contributed by atoms with Crippen molar-refractivity contribution in [3.8, 4) is 0 Å². The fourth-order valence-electron chi connectivity index (χ4n) is 5.38. The highest BCUT2D eigenvalue weighted by atomic mass is 19.1. The lowest BCUT2D eigenvalue weighted by Gasteiger charge is -2.39. The lowest BCUT2D eigenvalue weighted by Crippen LogP contribution is -2.43. The molecule has 12 heteroatoms. The average molecular weight is 498 g/mol. The van der Waals surface area contributed by atoms with E-state index in [9.17, 15) is 34.2 Å². The highest BCUT2D eigenvalue weighted by Gasteiger charge is 2.71. The van der Waals surface area contributed by atoms with E-state index in [1.807, 2.05) is 20.8 Å². The van der Waals surface area contributed by atoms with Gasteiger partial charge >= 0.3 is 5.97 Å². The number of hydrogen-bond acceptors (Lipinski definition) is 8. The zero-order valence-electron chi connectivity index (χ0n) is 19.7. The van der Waals surface area contributed by atoms with E-state index in [2.05, 4.69) is 10.5 Å². The van der Waals surface area contributed by atoms with Crippen LogP contribution in [0.4, 0.5) is 21.5 Å². The number of nitro groups is 2. The van der Waals surface area contributed by atoms with Crippen LogP contribution in [0.1, 0.15) is 50.4 Å². The van der Waals surface area contributed by atoms with Crippen LogP contribution < -0.4 is 5.32 Å². The Labute approximate surface area is 204 Å². The van der Waals surface area contributed by atoms with Crippen LogP contribution in [0.5, 0.6) is 0 Å². The molecule has 0 aliphatic heterocycles. The predicted molar refractivity (Wildman–Crippen MR) is 126 cm³/mol. The van der Waals surface area contributed by atoms with Crippen LogP contribution in [-0.2, 0) is 9.63 Å². The van der Waals surface area contributed by atoms with Crippen molar-refractivity contribution in [2.24, 2.45) is 21.4 Å². The van der Waals surface area contributed by atoms with Gasteiger partial charge in [-0.1, -0.05) is 25.9 Å². The van der Waals surface area contributed by atoms with Crippen LogP contribution in [0.3, 0.4) is 0 Å². The number of rotatable bonds is 6. The monoisotopic (exact) mass is 498 g/mol. The largest absolute Gasteiger partial charge is 0.366 e. The fourth-order valence-corrected chi connectivity index (χ4v) is 5.38. The van der Waals surface area contributed by atoms with Crippen LogP contribution in [0, 0.1) is 42.3 Å². The summed E-state index contributed by atoms with van der Waals surface area (Å²) in [6.07, 6.45) is 1.36. The molecule has 2 aliphatic rings. The Balaban J connectivity index is 1.60. The highest BCUT2D eigenvalue weighted by Crippen LogP contribution is 2.71. The Morgan fingerprint density at radius 3 is 2.14 bits per heavy atom. The van der Waals surface area contributed by atoms with E-state index in [0.29, 0.717) is 24.2 Å². The van der Waals surface area contributed by atoms with Gasteiger partial charge in [0.25, 0.3) is 11.4 Å². The van der Waals surface area contributed by atoms with Crippen molar-refractivity contribution >= 4 is 34.7 Å². The first kappa shape index (κ1) is 24.9. The van der Waals surface area contributed by atoms with Crippen molar-refractivity contribution in [3.05, 3.63) is 74.1 Å². The number of hydrogen-bond donors (Lipinski definition) is 1. The summed E-state index contributed by atoms with van der Waals surface area (Å²) in [6, 6.07) is 7.92. The number of fused-ring (bicyclic) bond motifs is 2. The summed E-state index contributed by atoms with van der Waals surface area (Å²) in [4.78, 5) is 51.7. The van der Waals surface area contributed by atoms with E-state index in [-0.39, 0.29) is 12.3 Å². The predicted octanol–water partition coefficient (Wildman–Crippen LogP) is 5.01. The minimum absolute atomic E-state index is 0.200. The number of anilines is 1. The van der Waals surface area contributed by atoms with E-state index in [4.69, 9.17) is 4.84 Å². The molecule has 1 amide bonds. The summed E-state index contributed by atoms with van der Waals surface area (Å²) < 4.78 is 13.3. The SMILES string of the molecule is CC12CCC(C(=O)Nc3ccc(F)cc3)(CC1=NOC(=O)c1cc([N+](=O)[O-])cc([N+](=O)[O-])c1)C2(C)C. The van der Waals surface area contributed by atoms with Gasteiger partial charge in [-0.3, -0.25) is 25.0 Å². The third-order valence-electron chi connectivity index (χ3n) is 8.07. The van der Waals surface area contributed by atoms with E-state index in [1.165, 1.54) is 24.3 Å². The summed E-state index contributed by atoms with van der Waals surface area (Å²) >= 11 is 0. The van der Waals surface area contributed by atoms with Crippen molar-refractivity contribution < 1.29 is 28.7 Å². The van der Waals surface area contributed by atoms with Crippen LogP contribution in [0.25, 0.3) is 0 Å². The number of benzene rings is 2. The first-order chi connectivity index (χ1) is 16.8. The Morgan fingerprint density at radius 2 is 1.58 bits per heavy atom. The second-order valence-corrected chi connectivity index (χ2v) is 9.85. The molecule has 1 N–H and O–H groups in total. The van der Waals surface area contributed by atoms with Gasteiger partial charge in [-0.15, -0.1) is 0 Å². The molecule has 0 heterocycles. The van der Waals surface area contributed by atoms with Gasteiger partial charge in [-0.05, 0) is 42.5 Å². The molecule has 11 nitrogen and oxygen atoms in total. The molecule has 2 unspecified atom stereocenters. The zero-order valence-corrected chi connectivity index (χ0v) is 19.7. The van der Waals surface area contributed by atoms with Gasteiger partial charge in [0, 0.05) is 29.7 Å². The highest BCUT2D eigenvalue weighted by molar-refractivity contribution is 6.06. The standard InChI is InChI=1S/C24H23FN4O7/c1-22(2)23(3)8-9-24(22,21(31)26-16-6-4-15(25)5-7-16)13-19(23)27-36-20(30)14-10-17(28(32)33)12-18(11-14)29(34)35/h4-7,10-12H,8-9,13H2,1-3H3,(H,26,31). The molecule has 0 saturated heterocycles. The maximum Gasteiger partial charge on any atom is 0.366 e. The normalized spacial score (nSPS) is 24.9. The maximum atomic E-state index is 13.4. The van der Waals surface area contributed by atoms with Crippen molar-refractivity contribution in [1.82, 2.24) is 0 Å². The first-order valence-corrected chi connectivity index (χ1v) is 11.1. The second-order valence-electron chi connectivity index (χ2n) is 9.85. The smallest absolute Gasteiger partial charge is 0.326 e. The topological polar surface area (TPSA) is 154 Å². The number of carbonyl (C=O) groups is 2. The van der Waals surface area contributed by atoms with Crippen molar-refractivity contribution in [1.29, 1.82) is 0 Å². The Kier molecular flexibility index (Phi) is 5.85. The van der Waals surface area contributed by atoms with Gasteiger partial charge in [0.15, 0.2) is 0 Å². The van der Waals surface area contributed by atoms with E-state index < -0.39 is 54.8 Å². The third-order valence-corrected chi connectivity index (χ3v) is 8.07. The minimum atomic E-state index is -1.09. The van der Waals surface area contributed by atoms with Gasteiger partial charge < -0.3 is 10.2 Å². The number of carbonyl (C=O) groups excluding carboxylic acids is 2. The van der Waals surface area contributed by atoms with Crippen molar-refractivity contribution in [2.45, 2.75) is 40.0 Å². The number of halogens is 1. The van der Waals surface area contributed by atoms with Crippen LogP contribution in [-0.4, -0.2) is 27.4 Å². The molecular formula is C24H23FN4O7. The molecule has 2 bridgehead atoms. The number of nitro benzene ring substituents is 2. The molecule has 2 atom stereocenters. The molecule has 0 spiro atoms. The summed E-state index contributed by atoms with van der Waals surface area (Å²) in [5.74, 6) is -1.77. The van der Waals surface area contributed by atoms with Gasteiger partial charge in [-0.2, -0.15) is 0 Å². The molecule has 36 heavy (non-hydrogen) atoms. The molecule has 2 aliphatic carbocycles. The molecule has 2 aromatic carbocycles. The van der Waals surface area contributed by atoms with Gasteiger partial charge in [0.05, 0.1) is 32.6 Å². The molecule has 0 aromatic heterocycles. The summed E-state index contributed by atoms with van der Waals surface area (Å²) in [6.45, 7) is 5.81. The van der Waals surface area contributed by atoms with Crippen LogP contribution >= 0.6 is 0 Å². The van der Waals surface area contributed by atoms with E-state index in [1.54, 1.807) is 0 Å². The van der Waals surface area contributed by atoms with Gasteiger partial charge in [-0.25, -0.2) is 9.18 Å². The molecule has 0 radical (unpaired) electrons. The van der Waals surface area contributed by atoms with Crippen LogP contribution in [0.2, 0.25) is 0 Å². The van der Waals surface area contributed by atoms with Gasteiger partial charge in [0.1, 0.15) is 5.82 Å². The molecule has 2 aromatic rings. The summed E-state index contributed by atoms with van der Waals surface area (Å²) in [5, 5.41) is 29.1. The third kappa shape index (κ3) is 3.78. The quantitative estimate of drug-likeness (QED) is 0.333. The van der Waals surface area contributed by atoms with Gasteiger partial charge in [0.2, 0.25) is 5.91 Å². The number of non-ortho nitro benzene ring substituents is 2. The second kappa shape index (κ2) is 8.47. The molecular weight excluding hydrogens is 475 g/mol. The number of nitrogens with one attached hydrogen (secondary N) is 1. The van der Waals surface area contributed by atoms with Crippen molar-refractivity contribution in [3.63, 3.8) is 0 Å². The maximum absolute atomic E-state index is 13.4. The zero-order chi connectivity index (χ0) is 26.5. The Hall–Kier alpha value is -4.22. The summed E-state index contributed by atoms with van der Waals surface area (Å²) in [7, 11) is 0. The molecule has 2 saturated carbocycles.